The molecule has 3 unspecified atom stereocenters. The van der Waals surface area contributed by atoms with Gasteiger partial charge >= 0.3 is 6.01 Å². The molecule has 0 spiro atoms. The average Bonchev–Trinajstić information content (AvgIpc) is 3.92. The Morgan fingerprint density at radius 1 is 0.899 bits per heavy atom. The van der Waals surface area contributed by atoms with Crippen LogP contribution in [0.3, 0.4) is 0 Å². The monoisotopic (exact) mass is 951 g/mol. The van der Waals surface area contributed by atoms with Crippen molar-refractivity contribution in [1.29, 1.82) is 0 Å². The smallest absolute Gasteiger partial charge is 0.319 e. The third kappa shape index (κ3) is 12.4. The van der Waals surface area contributed by atoms with Crippen molar-refractivity contribution in [3.8, 4) is 35.4 Å². The first-order valence-electron chi connectivity index (χ1n) is 25.7. The van der Waals surface area contributed by atoms with Crippen molar-refractivity contribution in [2.75, 3.05) is 50.7 Å². The molecule has 4 fully saturated rings. The van der Waals surface area contributed by atoms with Gasteiger partial charge in [0.25, 0.3) is 0 Å². The summed E-state index contributed by atoms with van der Waals surface area (Å²) in [6.07, 6.45) is 24.2. The quantitative estimate of drug-likeness (QED) is 0.0499. The molecule has 4 aliphatic rings. The fourth-order valence-corrected chi connectivity index (χ4v) is 10.8. The molecule has 69 heavy (non-hydrogen) atoms. The Kier molecular flexibility index (Phi) is 16.5. The van der Waals surface area contributed by atoms with E-state index < -0.39 is 29.2 Å². The molecule has 2 aromatic carbocycles. The van der Waals surface area contributed by atoms with Gasteiger partial charge in [0, 0.05) is 74.9 Å². The number of rotatable bonds is 20. The number of anilines is 1. The van der Waals surface area contributed by atoms with Gasteiger partial charge in [-0.3, -0.25) is 14.6 Å². The summed E-state index contributed by atoms with van der Waals surface area (Å²) >= 11 is 0. The van der Waals surface area contributed by atoms with Crippen molar-refractivity contribution in [2.24, 2.45) is 5.41 Å². The lowest BCUT2D eigenvalue weighted by atomic mass is 9.85. The molecule has 15 heteroatoms. The highest BCUT2D eigenvalue weighted by molar-refractivity contribution is 6.03. The van der Waals surface area contributed by atoms with Gasteiger partial charge in [-0.15, -0.1) is 6.42 Å². The highest BCUT2D eigenvalue weighted by atomic mass is 19.1. The van der Waals surface area contributed by atoms with Crippen LogP contribution in [0.1, 0.15) is 135 Å². The van der Waals surface area contributed by atoms with Crippen molar-refractivity contribution in [2.45, 2.75) is 160 Å². The van der Waals surface area contributed by atoms with Crippen LogP contribution in [0.15, 0.2) is 30.5 Å². The number of nitrogens with zero attached hydrogens (tertiary/aromatic N) is 6. The maximum Gasteiger partial charge on any atom is 0.319 e. The van der Waals surface area contributed by atoms with E-state index >= 15 is 4.39 Å². The molecule has 4 atom stereocenters. The van der Waals surface area contributed by atoms with Gasteiger partial charge in [0.05, 0.1) is 17.1 Å². The SMILES string of the molecule is C#Cc1c(F)ccc2cc(O)cc(-c3ncc4c(N5CC6CCC(C5)N6)nc(OC5CCN(CCCCCCCCCCCCCC(=O)NC(C(=O)N6CC[C@@H](O)C6)C(C)(C)C)CC5)nc4c3F)c12. The van der Waals surface area contributed by atoms with Crippen molar-refractivity contribution < 1.29 is 33.3 Å². The Morgan fingerprint density at radius 3 is 2.20 bits per heavy atom. The zero-order chi connectivity index (χ0) is 48.7. The average molecular weight is 951 g/mol. The molecule has 4 N–H and O–H groups in total. The van der Waals surface area contributed by atoms with Gasteiger partial charge in [-0.2, -0.15) is 9.97 Å². The Hall–Kier alpha value is -5.17. The van der Waals surface area contributed by atoms with Gasteiger partial charge < -0.3 is 40.3 Å². The van der Waals surface area contributed by atoms with E-state index in [1.807, 2.05) is 20.8 Å². The number of hydrogen-bond acceptors (Lipinski definition) is 11. The number of carbonyl (C=O) groups is 2. The van der Waals surface area contributed by atoms with Gasteiger partial charge in [0.15, 0.2) is 5.82 Å². The number of aromatic nitrogens is 3. The minimum absolute atomic E-state index is 0.0325. The fourth-order valence-electron chi connectivity index (χ4n) is 10.8. The van der Waals surface area contributed by atoms with Crippen LogP contribution in [0, 0.1) is 29.4 Å². The number of phenolic OH excluding ortho intramolecular Hbond substituents is 1. The van der Waals surface area contributed by atoms with Crippen LogP contribution in [0.4, 0.5) is 14.6 Å². The molecule has 0 saturated carbocycles. The van der Waals surface area contributed by atoms with Gasteiger partial charge in [-0.25, -0.2) is 8.78 Å². The first-order valence-corrected chi connectivity index (χ1v) is 25.7. The first kappa shape index (κ1) is 50.2. The number of phenols is 1. The third-order valence-electron chi connectivity index (χ3n) is 14.7. The number of nitrogens with one attached hydrogen (secondary N) is 2. The molecule has 8 rings (SSSR count). The van der Waals surface area contributed by atoms with E-state index in [1.54, 1.807) is 11.1 Å². The van der Waals surface area contributed by atoms with E-state index in [0.717, 1.165) is 84.1 Å². The summed E-state index contributed by atoms with van der Waals surface area (Å²) < 4.78 is 38.5. The van der Waals surface area contributed by atoms with Crippen LogP contribution in [0.5, 0.6) is 11.8 Å². The maximum atomic E-state index is 17.0. The van der Waals surface area contributed by atoms with E-state index in [1.165, 1.54) is 69.2 Å². The van der Waals surface area contributed by atoms with Crippen molar-refractivity contribution in [3.05, 3.63) is 47.7 Å². The summed E-state index contributed by atoms with van der Waals surface area (Å²) in [5.74, 6) is 1.35. The number of halogens is 2. The number of aliphatic hydroxyl groups is 1. The summed E-state index contributed by atoms with van der Waals surface area (Å²) in [6.45, 7) is 11.1. The number of piperazine rings is 1. The van der Waals surface area contributed by atoms with Crippen LogP contribution < -0.4 is 20.3 Å². The van der Waals surface area contributed by atoms with Crippen LogP contribution in [0.2, 0.25) is 0 Å². The molecule has 4 aromatic rings. The van der Waals surface area contributed by atoms with Crippen LogP contribution in [-0.2, 0) is 9.59 Å². The lowest BCUT2D eigenvalue weighted by molar-refractivity contribution is -0.138. The second-order valence-corrected chi connectivity index (χ2v) is 21.1. The Morgan fingerprint density at radius 2 is 1.57 bits per heavy atom. The number of β-amino-alcohol motifs (C(OH)–C–C–N with tert-alkyl or cyclic N) is 1. The number of likely N-dealkylation sites (tertiary alicyclic amines) is 2. The van der Waals surface area contributed by atoms with E-state index in [-0.39, 0.29) is 57.4 Å². The molecule has 372 valence electrons. The summed E-state index contributed by atoms with van der Waals surface area (Å²) in [4.78, 5) is 46.4. The maximum absolute atomic E-state index is 17.0. The fraction of sp³-hybridized carbons (Fsp3) is 0.611. The predicted molar refractivity (Wildman–Crippen MR) is 266 cm³/mol. The van der Waals surface area contributed by atoms with Crippen LogP contribution in [0.25, 0.3) is 32.9 Å². The second-order valence-electron chi connectivity index (χ2n) is 21.1. The number of fused-ring (bicyclic) bond motifs is 4. The Balaban J connectivity index is 0.760. The summed E-state index contributed by atoms with van der Waals surface area (Å²) in [5.41, 5.74) is -0.308. The van der Waals surface area contributed by atoms with E-state index in [9.17, 15) is 24.2 Å². The van der Waals surface area contributed by atoms with Gasteiger partial charge in [-0.1, -0.05) is 90.5 Å². The lowest BCUT2D eigenvalue weighted by Gasteiger charge is -2.35. The highest BCUT2D eigenvalue weighted by Crippen LogP contribution is 2.39. The first-order chi connectivity index (χ1) is 33.2. The molecule has 2 amide bonds. The number of terminal acetylenes is 1. The standard InChI is InChI=1S/C54H72F2N8O5/c1-5-41-44(55)21-18-35-29-39(66)30-42(46(35)41)48-47(56)49-43(31-57-48)51(64-32-36-19-20-37(33-64)58-36)61-53(60-49)69-40-23-26-62(27-24-40)25-16-14-12-10-8-6-7-9-11-13-15-17-45(67)59-50(54(2,3)4)52(68)63-28-22-38(65)34-63/h1,18,21,29-31,36-38,40,50,58,65-66H,6-17,19-20,22-28,32-34H2,2-4H3,(H,59,67)/t36?,37?,38-,50?/m1/s1. The van der Waals surface area contributed by atoms with Gasteiger partial charge in [0.2, 0.25) is 11.8 Å². The molecule has 4 aliphatic heterocycles. The minimum Gasteiger partial charge on any atom is -0.508 e. The van der Waals surface area contributed by atoms with E-state index in [4.69, 9.17) is 16.1 Å². The Bertz CT molecular complexity index is 2470. The lowest BCUT2D eigenvalue weighted by Crippen LogP contribution is -2.54. The summed E-state index contributed by atoms with van der Waals surface area (Å²) in [5, 5.41) is 28.4. The number of ether oxygens (including phenoxy) is 1. The normalized spacial score (nSPS) is 20.4. The summed E-state index contributed by atoms with van der Waals surface area (Å²) in [6, 6.07) is 5.72. The number of carbonyl (C=O) groups excluding carboxylic acids is 2. The molecule has 2 bridgehead atoms. The Labute approximate surface area is 406 Å². The molecular weight excluding hydrogens is 879 g/mol. The number of piperidine rings is 1. The van der Waals surface area contributed by atoms with Gasteiger partial charge in [-0.05, 0) is 80.5 Å². The minimum atomic E-state index is -0.721. The molecule has 6 heterocycles. The van der Waals surface area contributed by atoms with E-state index in [2.05, 4.69) is 36.3 Å². The highest BCUT2D eigenvalue weighted by Gasteiger charge is 2.38. The number of amides is 2. The van der Waals surface area contributed by atoms with Crippen molar-refractivity contribution in [3.63, 3.8) is 0 Å². The molecule has 0 aliphatic carbocycles. The molecular formula is C54H72F2N8O5. The summed E-state index contributed by atoms with van der Waals surface area (Å²) in [7, 11) is 0. The predicted octanol–water partition coefficient (Wildman–Crippen LogP) is 8.40. The number of hydrogen-bond donors (Lipinski definition) is 4. The van der Waals surface area contributed by atoms with Crippen molar-refractivity contribution >= 4 is 39.3 Å². The number of pyridine rings is 1. The number of benzene rings is 2. The molecule has 4 saturated heterocycles. The molecule has 2 aromatic heterocycles. The van der Waals surface area contributed by atoms with Crippen molar-refractivity contribution in [1.82, 2.24) is 35.4 Å². The third-order valence-corrected chi connectivity index (χ3v) is 14.7. The topological polar surface area (TPSA) is 156 Å². The van der Waals surface area contributed by atoms with E-state index in [0.29, 0.717) is 54.6 Å². The zero-order valence-corrected chi connectivity index (χ0v) is 40.9. The van der Waals surface area contributed by atoms with Crippen LogP contribution in [-0.4, -0.2) is 123 Å². The zero-order valence-electron chi connectivity index (χ0n) is 40.9. The number of aromatic hydroxyl groups is 1. The molecule has 13 nitrogen and oxygen atoms in total. The van der Waals surface area contributed by atoms with Gasteiger partial charge in [0.1, 0.15) is 40.7 Å². The largest absolute Gasteiger partial charge is 0.508 e. The van der Waals surface area contributed by atoms with Crippen LogP contribution >= 0.6 is 0 Å². The second kappa shape index (κ2) is 22.7. The number of unbranched alkanes of at least 4 members (excludes halogenated alkanes) is 10. The number of aliphatic hydroxyl groups excluding tert-OH is 1. The molecule has 0 radical (unpaired) electrons.